The molecule has 1 unspecified atom stereocenters. The molecule has 1 aliphatic rings. The maximum Gasteiger partial charge on any atom is 0.268 e. The van der Waals surface area contributed by atoms with Gasteiger partial charge in [-0.3, -0.25) is 9.08 Å². The highest BCUT2D eigenvalue weighted by Gasteiger charge is 2.30. The molecule has 0 aromatic carbocycles. The second-order valence-electron chi connectivity index (χ2n) is 3.72. The number of nitrogens with zero attached hydrogens (tertiary/aromatic N) is 1. The third kappa shape index (κ3) is 4.46. The highest BCUT2D eigenvalue weighted by Crippen LogP contribution is 2.20. The maximum atomic E-state index is 11.4. The van der Waals surface area contributed by atoms with Crippen molar-refractivity contribution in [3.8, 4) is 0 Å². The van der Waals surface area contributed by atoms with Gasteiger partial charge < -0.3 is 4.55 Å². The van der Waals surface area contributed by atoms with Crippen LogP contribution < -0.4 is 0 Å². The number of hydrogen-bond acceptors (Lipinski definition) is 5. The Bertz CT molecular complexity index is 342. The third-order valence-electron chi connectivity index (χ3n) is 2.29. The zero-order valence-corrected chi connectivity index (χ0v) is 10.8. The fourth-order valence-electron chi connectivity index (χ4n) is 1.66. The van der Waals surface area contributed by atoms with Gasteiger partial charge in [0, 0.05) is 6.54 Å². The molecular formula is C8H17NO5S2. The monoisotopic (exact) mass is 271 g/mol. The Morgan fingerprint density at radius 3 is 2.81 bits per heavy atom. The van der Waals surface area contributed by atoms with Crippen molar-refractivity contribution in [1.29, 1.82) is 0 Å². The topological polar surface area (TPSA) is 83.9 Å². The van der Waals surface area contributed by atoms with E-state index in [0.717, 1.165) is 6.42 Å². The van der Waals surface area contributed by atoms with Crippen molar-refractivity contribution in [3.05, 3.63) is 0 Å². The Morgan fingerprint density at radius 2 is 2.25 bits per heavy atom. The molecule has 8 heteroatoms. The normalized spacial score (nSPS) is 24.8. The minimum Gasteiger partial charge on any atom is -0.305 e. The Kier molecular flexibility index (Phi) is 5.32. The number of rotatable bonds is 6. The first-order valence-corrected chi connectivity index (χ1v) is 8.02. The molecule has 0 amide bonds. The van der Waals surface area contributed by atoms with Crippen molar-refractivity contribution in [1.82, 2.24) is 4.90 Å². The first kappa shape index (κ1) is 14.0. The van der Waals surface area contributed by atoms with Gasteiger partial charge in [-0.15, -0.1) is 0 Å². The van der Waals surface area contributed by atoms with Crippen LogP contribution in [-0.4, -0.2) is 46.5 Å². The van der Waals surface area contributed by atoms with Gasteiger partial charge in [0.25, 0.3) is 10.1 Å². The molecule has 1 N–H and O–H groups in total. The molecule has 6 nitrogen and oxygen atoms in total. The van der Waals surface area contributed by atoms with Crippen LogP contribution in [0.3, 0.4) is 0 Å². The Labute approximate surface area is 98.4 Å². The van der Waals surface area contributed by atoms with Crippen LogP contribution in [0.2, 0.25) is 0 Å². The lowest BCUT2D eigenvalue weighted by Gasteiger charge is -2.22. The quantitative estimate of drug-likeness (QED) is 0.554. The molecule has 0 aromatic rings. The minimum atomic E-state index is -3.51. The SMILES string of the molecule is CCCS(=O)(=O)O[C@@H]1CCCN1CS(=O)O. The summed E-state index contributed by atoms with van der Waals surface area (Å²) in [7, 11) is -3.51. The summed E-state index contributed by atoms with van der Waals surface area (Å²) >= 11 is -1.96. The van der Waals surface area contributed by atoms with E-state index in [0.29, 0.717) is 19.4 Å². The third-order valence-corrected chi connectivity index (χ3v) is 4.27. The van der Waals surface area contributed by atoms with E-state index in [1.54, 1.807) is 11.8 Å². The van der Waals surface area contributed by atoms with Gasteiger partial charge in [-0.2, -0.15) is 8.42 Å². The van der Waals surface area contributed by atoms with Gasteiger partial charge in [0.1, 0.15) is 12.1 Å². The molecule has 0 radical (unpaired) electrons. The van der Waals surface area contributed by atoms with Crippen molar-refractivity contribution in [2.45, 2.75) is 32.4 Å². The highest BCUT2D eigenvalue weighted by molar-refractivity contribution is 7.86. The van der Waals surface area contributed by atoms with Crippen molar-refractivity contribution in [2.24, 2.45) is 0 Å². The molecule has 1 aliphatic heterocycles. The first-order valence-electron chi connectivity index (χ1n) is 5.17. The summed E-state index contributed by atoms with van der Waals surface area (Å²) in [6.07, 6.45) is 1.29. The smallest absolute Gasteiger partial charge is 0.268 e. The average Bonchev–Trinajstić information content (AvgIpc) is 2.50. The van der Waals surface area contributed by atoms with Crippen molar-refractivity contribution in [3.63, 3.8) is 0 Å². The number of hydrogen-bond donors (Lipinski definition) is 1. The molecule has 96 valence electrons. The zero-order chi connectivity index (χ0) is 12.2. The van der Waals surface area contributed by atoms with E-state index in [9.17, 15) is 12.6 Å². The van der Waals surface area contributed by atoms with Gasteiger partial charge >= 0.3 is 0 Å². The zero-order valence-electron chi connectivity index (χ0n) is 9.16. The van der Waals surface area contributed by atoms with E-state index >= 15 is 0 Å². The van der Waals surface area contributed by atoms with E-state index in [4.69, 9.17) is 8.74 Å². The molecule has 1 heterocycles. The summed E-state index contributed by atoms with van der Waals surface area (Å²) in [5.41, 5.74) is 0. The van der Waals surface area contributed by atoms with Gasteiger partial charge in [-0.25, -0.2) is 4.21 Å². The molecule has 16 heavy (non-hydrogen) atoms. The van der Waals surface area contributed by atoms with Gasteiger partial charge in [0.05, 0.1) is 5.75 Å². The second kappa shape index (κ2) is 6.06. The van der Waals surface area contributed by atoms with Gasteiger partial charge in [0.15, 0.2) is 11.1 Å². The highest BCUT2D eigenvalue weighted by atomic mass is 32.2. The minimum absolute atomic E-state index is 0.0143. The van der Waals surface area contributed by atoms with Crippen LogP contribution in [0.1, 0.15) is 26.2 Å². The Hall–Kier alpha value is -0.0200. The van der Waals surface area contributed by atoms with Crippen LogP contribution in [0.5, 0.6) is 0 Å². The van der Waals surface area contributed by atoms with Crippen LogP contribution in [0, 0.1) is 0 Å². The predicted molar refractivity (Wildman–Crippen MR) is 60.5 cm³/mol. The lowest BCUT2D eigenvalue weighted by molar-refractivity contribution is 0.0809. The van der Waals surface area contributed by atoms with E-state index in [2.05, 4.69) is 0 Å². The lowest BCUT2D eigenvalue weighted by atomic mass is 10.4. The summed E-state index contributed by atoms with van der Waals surface area (Å²) in [6, 6.07) is 0. The molecule has 0 spiro atoms. The molecule has 1 fully saturated rings. The molecule has 0 aromatic heterocycles. The molecular weight excluding hydrogens is 254 g/mol. The van der Waals surface area contributed by atoms with Crippen LogP contribution in [0.4, 0.5) is 0 Å². The van der Waals surface area contributed by atoms with Crippen LogP contribution in [0.15, 0.2) is 0 Å². The van der Waals surface area contributed by atoms with Gasteiger partial charge in [-0.1, -0.05) is 6.92 Å². The maximum absolute atomic E-state index is 11.4. The number of likely N-dealkylation sites (tertiary alicyclic amines) is 1. The van der Waals surface area contributed by atoms with E-state index in [-0.39, 0.29) is 11.6 Å². The van der Waals surface area contributed by atoms with Gasteiger partial charge in [0.2, 0.25) is 0 Å². The van der Waals surface area contributed by atoms with Crippen molar-refractivity contribution >= 4 is 21.2 Å². The summed E-state index contributed by atoms with van der Waals surface area (Å²) < 4.78 is 47.3. The van der Waals surface area contributed by atoms with Crippen LogP contribution in [0.25, 0.3) is 0 Å². The van der Waals surface area contributed by atoms with Crippen molar-refractivity contribution in [2.75, 3.05) is 18.2 Å². The Balaban J connectivity index is 2.55. The standard InChI is InChI=1S/C8H17NO5S2/c1-2-6-16(12,13)14-8-4-3-5-9(8)7-15(10)11/h8H,2-7H2,1H3,(H,10,11)/t8-/m1/s1. The molecule has 1 rings (SSSR count). The average molecular weight is 271 g/mol. The second-order valence-corrected chi connectivity index (χ2v) is 6.34. The summed E-state index contributed by atoms with van der Waals surface area (Å²) in [5, 5.41) is 0. The van der Waals surface area contributed by atoms with E-state index in [1.165, 1.54) is 0 Å². The molecule has 0 bridgehead atoms. The summed E-state index contributed by atoms with van der Waals surface area (Å²) in [4.78, 5) is 1.59. The van der Waals surface area contributed by atoms with Crippen molar-refractivity contribution < 1.29 is 21.4 Å². The summed E-state index contributed by atoms with van der Waals surface area (Å²) in [5.74, 6) is -0.0775. The fourth-order valence-corrected chi connectivity index (χ4v) is 3.39. The molecule has 2 atom stereocenters. The van der Waals surface area contributed by atoms with Crippen LogP contribution >= 0.6 is 0 Å². The lowest BCUT2D eigenvalue weighted by Crippen LogP contribution is -2.36. The Morgan fingerprint density at radius 1 is 1.56 bits per heavy atom. The first-order chi connectivity index (χ1) is 7.44. The van der Waals surface area contributed by atoms with E-state index in [1.807, 2.05) is 0 Å². The van der Waals surface area contributed by atoms with E-state index < -0.39 is 27.4 Å². The molecule has 0 aliphatic carbocycles. The molecule has 1 saturated heterocycles. The van der Waals surface area contributed by atoms with Gasteiger partial charge in [-0.05, 0) is 19.3 Å². The molecule has 0 saturated carbocycles. The largest absolute Gasteiger partial charge is 0.305 e. The summed E-state index contributed by atoms with van der Waals surface area (Å²) in [6.45, 7) is 2.36. The fraction of sp³-hybridized carbons (Fsp3) is 1.00. The van der Waals surface area contributed by atoms with Crippen LogP contribution in [-0.2, 0) is 25.4 Å². The predicted octanol–water partition coefficient (Wildman–Crippen LogP) is 0.344.